The molecule has 0 spiro atoms. The smallest absolute Gasteiger partial charge is 0.261 e. The normalized spacial score (nSPS) is 13.8. The van der Waals surface area contributed by atoms with Crippen molar-refractivity contribution in [1.29, 1.82) is 0 Å². The first kappa shape index (κ1) is 21.2. The van der Waals surface area contributed by atoms with E-state index in [4.69, 9.17) is 11.6 Å². The molecule has 8 heteroatoms. The Bertz CT molecular complexity index is 1180. The number of carbonyl (C=O) groups is 1. The standard InChI is InChI=1S/C23H22ClN3O3S/c24-22-13-10-18(26-31(29,30)20-6-2-1-3-7-20)16-21(22)23(28)25-17-8-11-19(12-9-17)27-14-4-5-15-27/h1-3,6-13,16,26H,4-5,14-15H2,(H,25,28). The summed E-state index contributed by atoms with van der Waals surface area (Å²) in [4.78, 5) is 15.2. The number of carbonyl (C=O) groups excluding carboxylic acids is 1. The van der Waals surface area contributed by atoms with Gasteiger partial charge >= 0.3 is 0 Å². The van der Waals surface area contributed by atoms with Gasteiger partial charge in [-0.3, -0.25) is 9.52 Å². The van der Waals surface area contributed by atoms with Crippen LogP contribution in [0.15, 0.2) is 77.7 Å². The highest BCUT2D eigenvalue weighted by Crippen LogP contribution is 2.25. The largest absolute Gasteiger partial charge is 0.372 e. The second kappa shape index (κ2) is 8.99. The molecule has 2 N–H and O–H groups in total. The third-order valence-electron chi connectivity index (χ3n) is 5.11. The van der Waals surface area contributed by atoms with E-state index in [0.29, 0.717) is 5.69 Å². The highest BCUT2D eigenvalue weighted by atomic mass is 35.5. The number of hydrogen-bond acceptors (Lipinski definition) is 4. The van der Waals surface area contributed by atoms with E-state index in [1.54, 1.807) is 18.2 Å². The molecule has 3 aromatic carbocycles. The highest BCUT2D eigenvalue weighted by molar-refractivity contribution is 7.92. The van der Waals surface area contributed by atoms with Gasteiger partial charge in [0.1, 0.15) is 0 Å². The fourth-order valence-electron chi connectivity index (χ4n) is 3.51. The SMILES string of the molecule is O=C(Nc1ccc(N2CCCC2)cc1)c1cc(NS(=O)(=O)c2ccccc2)ccc1Cl. The van der Waals surface area contributed by atoms with E-state index in [1.165, 1.54) is 43.2 Å². The second-order valence-corrected chi connectivity index (χ2v) is 9.40. The number of anilines is 3. The zero-order valence-electron chi connectivity index (χ0n) is 16.7. The van der Waals surface area contributed by atoms with Crippen LogP contribution in [0.4, 0.5) is 17.1 Å². The topological polar surface area (TPSA) is 78.5 Å². The number of nitrogens with zero attached hydrogens (tertiary/aromatic N) is 1. The number of amides is 1. The Morgan fingerprint density at radius 1 is 0.871 bits per heavy atom. The summed E-state index contributed by atoms with van der Waals surface area (Å²) in [5.41, 5.74) is 2.20. The van der Waals surface area contributed by atoms with Crippen LogP contribution in [0.25, 0.3) is 0 Å². The zero-order valence-corrected chi connectivity index (χ0v) is 18.3. The van der Waals surface area contributed by atoms with Gasteiger partial charge in [-0.05, 0) is 67.4 Å². The minimum absolute atomic E-state index is 0.133. The lowest BCUT2D eigenvalue weighted by Crippen LogP contribution is -2.18. The quantitative estimate of drug-likeness (QED) is 0.548. The molecular weight excluding hydrogens is 434 g/mol. The van der Waals surface area contributed by atoms with E-state index in [-0.39, 0.29) is 21.2 Å². The van der Waals surface area contributed by atoms with Crippen LogP contribution in [0.3, 0.4) is 0 Å². The van der Waals surface area contributed by atoms with Crippen molar-refractivity contribution in [2.45, 2.75) is 17.7 Å². The van der Waals surface area contributed by atoms with Crippen molar-refractivity contribution in [3.63, 3.8) is 0 Å². The van der Waals surface area contributed by atoms with Gasteiger partial charge in [-0.15, -0.1) is 0 Å². The Hall–Kier alpha value is -3.03. The first-order chi connectivity index (χ1) is 14.9. The van der Waals surface area contributed by atoms with Gasteiger partial charge < -0.3 is 10.2 Å². The average Bonchev–Trinajstić information content (AvgIpc) is 3.31. The molecule has 0 saturated carbocycles. The minimum Gasteiger partial charge on any atom is -0.372 e. The molecule has 0 atom stereocenters. The molecule has 0 unspecified atom stereocenters. The van der Waals surface area contributed by atoms with Crippen LogP contribution in [-0.4, -0.2) is 27.4 Å². The molecule has 1 saturated heterocycles. The number of sulfonamides is 1. The lowest BCUT2D eigenvalue weighted by Gasteiger charge is -2.18. The molecule has 0 bridgehead atoms. The van der Waals surface area contributed by atoms with Crippen LogP contribution >= 0.6 is 11.6 Å². The lowest BCUT2D eigenvalue weighted by molar-refractivity contribution is 0.102. The molecule has 6 nitrogen and oxygen atoms in total. The predicted molar refractivity (Wildman–Crippen MR) is 125 cm³/mol. The van der Waals surface area contributed by atoms with Crippen molar-refractivity contribution in [1.82, 2.24) is 0 Å². The van der Waals surface area contributed by atoms with Crippen LogP contribution in [0.5, 0.6) is 0 Å². The van der Waals surface area contributed by atoms with Crippen molar-refractivity contribution in [3.05, 3.63) is 83.4 Å². The molecular formula is C23H22ClN3O3S. The van der Waals surface area contributed by atoms with Crippen molar-refractivity contribution in [3.8, 4) is 0 Å². The van der Waals surface area contributed by atoms with Crippen LogP contribution in [-0.2, 0) is 10.0 Å². The summed E-state index contributed by atoms with van der Waals surface area (Å²) in [6, 6.07) is 20.1. The molecule has 1 aliphatic rings. The van der Waals surface area contributed by atoms with E-state index in [1.807, 2.05) is 24.3 Å². The molecule has 0 aliphatic carbocycles. The van der Waals surface area contributed by atoms with E-state index < -0.39 is 15.9 Å². The van der Waals surface area contributed by atoms with Crippen molar-refractivity contribution >= 4 is 44.6 Å². The van der Waals surface area contributed by atoms with E-state index in [2.05, 4.69) is 14.9 Å². The predicted octanol–water partition coefficient (Wildman–Crippen LogP) is 4.99. The molecule has 1 amide bonds. The Morgan fingerprint density at radius 3 is 2.19 bits per heavy atom. The van der Waals surface area contributed by atoms with Crippen LogP contribution in [0, 0.1) is 0 Å². The summed E-state index contributed by atoms with van der Waals surface area (Å²) in [5.74, 6) is -0.417. The van der Waals surface area contributed by atoms with Crippen LogP contribution in [0.2, 0.25) is 5.02 Å². The first-order valence-electron chi connectivity index (χ1n) is 9.96. The van der Waals surface area contributed by atoms with Crippen molar-refractivity contribution in [2.24, 2.45) is 0 Å². The van der Waals surface area contributed by atoms with E-state index in [9.17, 15) is 13.2 Å². The fourth-order valence-corrected chi connectivity index (χ4v) is 4.78. The van der Waals surface area contributed by atoms with E-state index >= 15 is 0 Å². The Balaban J connectivity index is 1.49. The van der Waals surface area contributed by atoms with Gasteiger partial charge in [0.2, 0.25) is 0 Å². The Labute approximate surface area is 186 Å². The molecule has 160 valence electrons. The lowest BCUT2D eigenvalue weighted by atomic mass is 10.2. The molecule has 0 radical (unpaired) electrons. The van der Waals surface area contributed by atoms with Crippen molar-refractivity contribution < 1.29 is 13.2 Å². The molecule has 4 rings (SSSR count). The van der Waals surface area contributed by atoms with Gasteiger partial charge in [0.15, 0.2) is 0 Å². The second-order valence-electron chi connectivity index (χ2n) is 7.31. The number of rotatable bonds is 6. The van der Waals surface area contributed by atoms with Gasteiger partial charge in [-0.1, -0.05) is 29.8 Å². The molecule has 31 heavy (non-hydrogen) atoms. The number of halogens is 1. The van der Waals surface area contributed by atoms with Crippen LogP contribution in [0.1, 0.15) is 23.2 Å². The first-order valence-corrected chi connectivity index (χ1v) is 11.8. The molecule has 1 heterocycles. The zero-order chi connectivity index (χ0) is 21.8. The Kier molecular flexibility index (Phi) is 6.15. The summed E-state index contributed by atoms with van der Waals surface area (Å²) in [6.07, 6.45) is 2.39. The van der Waals surface area contributed by atoms with Crippen LogP contribution < -0.4 is 14.9 Å². The molecule has 0 aromatic heterocycles. The highest BCUT2D eigenvalue weighted by Gasteiger charge is 2.17. The minimum atomic E-state index is -3.77. The fraction of sp³-hybridized carbons (Fsp3) is 0.174. The third-order valence-corrected chi connectivity index (χ3v) is 6.84. The summed E-state index contributed by atoms with van der Waals surface area (Å²) < 4.78 is 27.6. The van der Waals surface area contributed by atoms with E-state index in [0.717, 1.165) is 18.8 Å². The maximum absolute atomic E-state index is 12.8. The maximum atomic E-state index is 12.8. The summed E-state index contributed by atoms with van der Waals surface area (Å²) in [7, 11) is -3.77. The summed E-state index contributed by atoms with van der Waals surface area (Å²) in [6.45, 7) is 2.10. The molecule has 1 fully saturated rings. The van der Waals surface area contributed by atoms with Crippen molar-refractivity contribution in [2.75, 3.05) is 28.0 Å². The third kappa shape index (κ3) is 5.00. The monoisotopic (exact) mass is 455 g/mol. The summed E-state index contributed by atoms with van der Waals surface area (Å²) in [5, 5.41) is 3.05. The summed E-state index contributed by atoms with van der Waals surface area (Å²) >= 11 is 6.21. The van der Waals surface area contributed by atoms with Gasteiger partial charge in [0, 0.05) is 30.2 Å². The maximum Gasteiger partial charge on any atom is 0.261 e. The van der Waals surface area contributed by atoms with Gasteiger partial charge in [0.05, 0.1) is 15.5 Å². The molecule has 1 aliphatic heterocycles. The Morgan fingerprint density at radius 2 is 1.52 bits per heavy atom. The molecule has 3 aromatic rings. The number of benzene rings is 3. The number of nitrogens with one attached hydrogen (secondary N) is 2. The van der Waals surface area contributed by atoms with Gasteiger partial charge in [-0.2, -0.15) is 0 Å². The van der Waals surface area contributed by atoms with Gasteiger partial charge in [-0.25, -0.2) is 8.42 Å². The average molecular weight is 456 g/mol. The number of hydrogen-bond donors (Lipinski definition) is 2. The van der Waals surface area contributed by atoms with Gasteiger partial charge in [0.25, 0.3) is 15.9 Å².